The first-order valence-electron chi connectivity index (χ1n) is 14.0. The predicted octanol–water partition coefficient (Wildman–Crippen LogP) is 4.14. The second-order valence-corrected chi connectivity index (χ2v) is 12.6. The monoisotopic (exact) mass is 641 g/mol. The zero-order valence-electron chi connectivity index (χ0n) is 24.0. The molecule has 2 fully saturated rings. The number of aryl methyl sites for hydroxylation is 2. The van der Waals surface area contributed by atoms with E-state index in [1.807, 2.05) is 38.2 Å². The second kappa shape index (κ2) is 9.76. The van der Waals surface area contributed by atoms with E-state index in [9.17, 15) is 14.4 Å². The summed E-state index contributed by atoms with van der Waals surface area (Å²) in [6, 6.07) is 6.68. The molecule has 1 saturated heterocycles. The predicted molar refractivity (Wildman–Crippen MR) is 161 cm³/mol. The van der Waals surface area contributed by atoms with Crippen molar-refractivity contribution in [2.45, 2.75) is 59.2 Å². The molecule has 12 nitrogen and oxygen atoms in total. The molecule has 6 heterocycles. The number of carbonyl (C=O) groups excluding carboxylic acids is 3. The average molecular weight is 643 g/mol. The number of hydrogen-bond acceptors (Lipinski definition) is 8. The van der Waals surface area contributed by atoms with Crippen molar-refractivity contribution in [2.24, 2.45) is 5.41 Å². The summed E-state index contributed by atoms with van der Waals surface area (Å²) >= 11 is 3.35. The lowest BCUT2D eigenvalue weighted by molar-refractivity contribution is -0.138. The van der Waals surface area contributed by atoms with Crippen molar-refractivity contribution in [3.05, 3.63) is 64.4 Å². The Morgan fingerprint density at radius 2 is 1.91 bits per heavy atom. The fourth-order valence-electron chi connectivity index (χ4n) is 6.14. The zero-order valence-corrected chi connectivity index (χ0v) is 25.6. The minimum Gasteiger partial charge on any atom is -0.325 e. The largest absolute Gasteiger partial charge is 0.325 e. The summed E-state index contributed by atoms with van der Waals surface area (Å²) in [4.78, 5) is 55.1. The zero-order chi connectivity index (χ0) is 30.2. The number of likely N-dealkylation sites (tertiary alicyclic amines) is 1. The number of nitrogens with one attached hydrogen (secondary N) is 1. The van der Waals surface area contributed by atoms with E-state index in [2.05, 4.69) is 53.3 Å². The molecule has 3 atom stereocenters. The number of anilines is 1. The molecule has 0 spiro atoms. The first kappa shape index (κ1) is 27.3. The van der Waals surface area contributed by atoms with Crippen molar-refractivity contribution < 1.29 is 14.4 Å². The Bertz CT molecular complexity index is 2000. The first-order valence-corrected chi connectivity index (χ1v) is 14.7. The standard InChI is InChI=1S/C30H28BrN9O3/c1-15-5-6-24(31)34-28(15)35-29(43)21-9-30(4)10-23(30)40(21)26(42)14-38-22-12-32-20(8-19(22)27(37-38)17(3)41)18-11-33-25-7-16(2)36-39(25)13-18/h5-8,11-13,21,23H,9-10,14H2,1-4H3,(H,34,35,43)/t21-,23+,30-/m0/s1. The van der Waals surface area contributed by atoms with Crippen molar-refractivity contribution in [2.75, 3.05) is 5.32 Å². The molecule has 7 rings (SSSR count). The summed E-state index contributed by atoms with van der Waals surface area (Å²) in [6.45, 7) is 7.19. The fourth-order valence-corrected chi connectivity index (χ4v) is 6.45. The molecule has 1 N–H and O–H groups in total. The summed E-state index contributed by atoms with van der Waals surface area (Å²) in [5.74, 6) is -0.276. The van der Waals surface area contributed by atoms with Gasteiger partial charge in [0.2, 0.25) is 11.8 Å². The number of rotatable bonds is 6. The molecule has 1 aliphatic carbocycles. The van der Waals surface area contributed by atoms with Gasteiger partial charge < -0.3 is 10.2 Å². The van der Waals surface area contributed by atoms with Gasteiger partial charge in [-0.1, -0.05) is 13.0 Å². The maximum atomic E-state index is 13.9. The fraction of sp³-hybridized carbons (Fsp3) is 0.333. The maximum Gasteiger partial charge on any atom is 0.248 e. The average Bonchev–Trinajstić information content (AvgIpc) is 3.24. The van der Waals surface area contributed by atoms with E-state index >= 15 is 0 Å². The van der Waals surface area contributed by atoms with Crippen LogP contribution in [0.15, 0.2) is 47.5 Å². The van der Waals surface area contributed by atoms with Crippen LogP contribution in [-0.4, -0.2) is 68.9 Å². The summed E-state index contributed by atoms with van der Waals surface area (Å²) in [6.07, 6.45) is 6.57. The molecule has 1 aliphatic heterocycles. The highest BCUT2D eigenvalue weighted by atomic mass is 79.9. The lowest BCUT2D eigenvalue weighted by Crippen LogP contribution is -2.47. The number of piperidine rings is 1. The third-order valence-electron chi connectivity index (χ3n) is 8.52. The minimum atomic E-state index is -0.636. The Hall–Kier alpha value is -4.52. The summed E-state index contributed by atoms with van der Waals surface area (Å²) in [5, 5.41) is 12.5. The first-order chi connectivity index (χ1) is 20.5. The molecule has 2 aliphatic rings. The molecule has 2 amide bonds. The van der Waals surface area contributed by atoms with E-state index < -0.39 is 6.04 Å². The van der Waals surface area contributed by atoms with Crippen LogP contribution in [0.4, 0.5) is 5.82 Å². The van der Waals surface area contributed by atoms with Crippen LogP contribution in [0, 0.1) is 19.3 Å². The molecule has 0 bridgehead atoms. The van der Waals surface area contributed by atoms with Gasteiger partial charge in [0, 0.05) is 42.4 Å². The number of nitrogens with zero attached hydrogens (tertiary/aromatic N) is 8. The molecular formula is C30H28BrN9O3. The number of halogens is 1. The molecule has 0 radical (unpaired) electrons. The van der Waals surface area contributed by atoms with Crippen molar-refractivity contribution in [1.82, 2.24) is 39.2 Å². The number of pyridine rings is 2. The number of ketones is 1. The van der Waals surface area contributed by atoms with Crippen molar-refractivity contribution in [3.63, 3.8) is 0 Å². The van der Waals surface area contributed by atoms with Crippen molar-refractivity contribution in [3.8, 4) is 11.3 Å². The molecule has 1 saturated carbocycles. The van der Waals surface area contributed by atoms with E-state index in [1.165, 1.54) is 11.6 Å². The van der Waals surface area contributed by atoms with Crippen LogP contribution in [0.1, 0.15) is 48.4 Å². The third-order valence-corrected chi connectivity index (χ3v) is 8.96. The maximum absolute atomic E-state index is 13.9. The smallest absolute Gasteiger partial charge is 0.248 e. The lowest BCUT2D eigenvalue weighted by atomic mass is 10.0. The van der Waals surface area contributed by atoms with Crippen LogP contribution >= 0.6 is 15.9 Å². The molecule has 5 aromatic heterocycles. The van der Waals surface area contributed by atoms with Gasteiger partial charge in [0.15, 0.2) is 11.4 Å². The Morgan fingerprint density at radius 1 is 1.09 bits per heavy atom. The topological polar surface area (TPSA) is 140 Å². The highest BCUT2D eigenvalue weighted by molar-refractivity contribution is 9.10. The Labute approximate surface area is 254 Å². The molecule has 43 heavy (non-hydrogen) atoms. The van der Waals surface area contributed by atoms with Gasteiger partial charge in [0.25, 0.3) is 0 Å². The van der Waals surface area contributed by atoms with E-state index in [0.29, 0.717) is 33.4 Å². The summed E-state index contributed by atoms with van der Waals surface area (Å²) in [5.41, 5.74) is 4.43. The Kier molecular flexibility index (Phi) is 6.20. The lowest BCUT2D eigenvalue weighted by Gasteiger charge is -2.27. The van der Waals surface area contributed by atoms with Crippen LogP contribution in [0.5, 0.6) is 0 Å². The Balaban J connectivity index is 1.18. The molecular weight excluding hydrogens is 614 g/mol. The normalized spacial score (nSPS) is 20.9. The number of fused-ring (bicyclic) bond motifs is 3. The quantitative estimate of drug-likeness (QED) is 0.215. The Morgan fingerprint density at radius 3 is 2.70 bits per heavy atom. The third kappa shape index (κ3) is 4.67. The highest BCUT2D eigenvalue weighted by Crippen LogP contribution is 2.59. The number of Topliss-reactive ketones (excluding diaryl/α,β-unsaturated/α-hetero) is 1. The van der Waals surface area contributed by atoms with E-state index in [1.54, 1.807) is 27.9 Å². The van der Waals surface area contributed by atoms with Crippen molar-refractivity contribution in [1.29, 1.82) is 0 Å². The number of amides is 2. The van der Waals surface area contributed by atoms with E-state index in [4.69, 9.17) is 0 Å². The summed E-state index contributed by atoms with van der Waals surface area (Å²) in [7, 11) is 0. The highest BCUT2D eigenvalue weighted by Gasteiger charge is 2.64. The van der Waals surface area contributed by atoms with E-state index in [-0.39, 0.29) is 41.3 Å². The second-order valence-electron chi connectivity index (χ2n) is 11.8. The van der Waals surface area contributed by atoms with Gasteiger partial charge in [-0.2, -0.15) is 10.2 Å². The van der Waals surface area contributed by atoms with Gasteiger partial charge in [-0.05, 0) is 65.7 Å². The van der Waals surface area contributed by atoms with Gasteiger partial charge in [-0.15, -0.1) is 0 Å². The SMILES string of the molecule is CC(=O)c1nn(CC(=O)N2[C@H](C(=O)Nc3nc(Br)ccc3C)C[C@@]3(C)C[C@@H]23)c2cnc(-c3cnc4cc(C)nn4c3)cc12. The number of aromatic nitrogens is 7. The molecule has 0 aromatic carbocycles. The van der Waals surface area contributed by atoms with Gasteiger partial charge in [0.1, 0.15) is 28.7 Å². The van der Waals surface area contributed by atoms with Crippen LogP contribution < -0.4 is 5.32 Å². The van der Waals surface area contributed by atoms with Gasteiger partial charge in [-0.3, -0.25) is 24.0 Å². The molecule has 5 aromatic rings. The molecule has 218 valence electrons. The number of hydrogen-bond donors (Lipinski definition) is 1. The van der Waals surface area contributed by atoms with Crippen molar-refractivity contribution >= 4 is 55.9 Å². The number of carbonyl (C=O) groups is 3. The minimum absolute atomic E-state index is 0.0282. The van der Waals surface area contributed by atoms with Crippen LogP contribution in [0.25, 0.3) is 27.8 Å². The van der Waals surface area contributed by atoms with Crippen LogP contribution in [-0.2, 0) is 16.1 Å². The summed E-state index contributed by atoms with van der Waals surface area (Å²) < 4.78 is 3.81. The van der Waals surface area contributed by atoms with Crippen LogP contribution in [0.2, 0.25) is 0 Å². The molecule has 0 unspecified atom stereocenters. The molecule has 13 heteroatoms. The van der Waals surface area contributed by atoms with Crippen LogP contribution in [0.3, 0.4) is 0 Å². The van der Waals surface area contributed by atoms with Gasteiger partial charge >= 0.3 is 0 Å². The van der Waals surface area contributed by atoms with Gasteiger partial charge in [-0.25, -0.2) is 14.5 Å². The van der Waals surface area contributed by atoms with E-state index in [0.717, 1.165) is 28.9 Å². The van der Waals surface area contributed by atoms with Gasteiger partial charge in [0.05, 0.1) is 23.1 Å².